The van der Waals surface area contributed by atoms with Gasteiger partial charge in [-0.05, 0) is 68.0 Å². The quantitative estimate of drug-likeness (QED) is 0.495. The van der Waals surface area contributed by atoms with Crippen LogP contribution in [-0.2, 0) is 10.0 Å². The lowest BCUT2D eigenvalue weighted by molar-refractivity contribution is 0.0692. The summed E-state index contributed by atoms with van der Waals surface area (Å²) in [6, 6.07) is 10.1. The van der Waals surface area contributed by atoms with Gasteiger partial charge in [-0.1, -0.05) is 25.1 Å². The zero-order valence-electron chi connectivity index (χ0n) is 19.3. The molecule has 5 rings (SSSR count). The number of sulfonamides is 1. The molecule has 34 heavy (non-hydrogen) atoms. The summed E-state index contributed by atoms with van der Waals surface area (Å²) in [5.41, 5.74) is 1.25. The largest absolute Gasteiger partial charge is 0.492 e. The van der Waals surface area contributed by atoms with Crippen molar-refractivity contribution < 1.29 is 23.1 Å². The predicted molar refractivity (Wildman–Crippen MR) is 130 cm³/mol. The number of hydrogen-bond acceptors (Lipinski definition) is 6. The van der Waals surface area contributed by atoms with Crippen molar-refractivity contribution in [2.24, 2.45) is 11.8 Å². The van der Waals surface area contributed by atoms with Gasteiger partial charge in [0.2, 0.25) is 0 Å². The molecule has 2 fully saturated rings. The van der Waals surface area contributed by atoms with Gasteiger partial charge >= 0.3 is 5.97 Å². The number of benzene rings is 2. The molecule has 3 N–H and O–H groups in total. The lowest BCUT2D eigenvalue weighted by Crippen LogP contribution is -2.21. The summed E-state index contributed by atoms with van der Waals surface area (Å²) in [6.45, 7) is 6.57. The highest BCUT2D eigenvalue weighted by atomic mass is 32.2. The molecule has 3 atom stereocenters. The molecule has 1 aliphatic carbocycles. The van der Waals surface area contributed by atoms with E-state index in [4.69, 9.17) is 4.74 Å². The van der Waals surface area contributed by atoms with Gasteiger partial charge in [-0.3, -0.25) is 4.72 Å². The van der Waals surface area contributed by atoms with Crippen LogP contribution in [0.5, 0.6) is 5.75 Å². The van der Waals surface area contributed by atoms with Gasteiger partial charge in [0.15, 0.2) is 0 Å². The third-order valence-electron chi connectivity index (χ3n) is 7.27. The molecule has 182 valence electrons. The summed E-state index contributed by atoms with van der Waals surface area (Å²) in [7, 11) is -4.03. The van der Waals surface area contributed by atoms with Crippen LogP contribution in [0.4, 0.5) is 11.4 Å². The molecule has 0 spiro atoms. The summed E-state index contributed by atoms with van der Waals surface area (Å²) in [4.78, 5) is 14.6. The lowest BCUT2D eigenvalue weighted by Gasteiger charge is -2.21. The Morgan fingerprint density at radius 1 is 1.21 bits per heavy atom. The summed E-state index contributed by atoms with van der Waals surface area (Å²) in [5, 5.41) is 13.2. The van der Waals surface area contributed by atoms with Gasteiger partial charge in [0.05, 0.1) is 18.0 Å². The molecule has 1 unspecified atom stereocenters. The highest BCUT2D eigenvalue weighted by Crippen LogP contribution is 2.55. The highest BCUT2D eigenvalue weighted by molar-refractivity contribution is 7.92. The number of rotatable bonds is 9. The number of carboxylic acids is 1. The van der Waals surface area contributed by atoms with Crippen LogP contribution in [0, 0.1) is 11.8 Å². The van der Waals surface area contributed by atoms with E-state index in [2.05, 4.69) is 21.9 Å². The Bertz CT molecular complexity index is 1200. The first-order valence-electron chi connectivity index (χ1n) is 12.0. The van der Waals surface area contributed by atoms with Crippen LogP contribution in [0.25, 0.3) is 0 Å². The molecule has 9 heteroatoms. The molecule has 2 aromatic carbocycles. The van der Waals surface area contributed by atoms with Crippen molar-refractivity contribution in [1.82, 2.24) is 4.90 Å². The molecule has 0 amide bonds. The molecule has 8 nitrogen and oxygen atoms in total. The fraction of sp³-hybridized carbons (Fsp3) is 0.480. The number of fused-ring (bicyclic) bond motifs is 3. The summed E-state index contributed by atoms with van der Waals surface area (Å²) in [6.07, 6.45) is 3.11. The second-order valence-electron chi connectivity index (χ2n) is 9.49. The number of para-hydroxylation sites is 1. The smallest absolute Gasteiger partial charge is 0.341 e. The van der Waals surface area contributed by atoms with E-state index in [0.29, 0.717) is 36.6 Å². The van der Waals surface area contributed by atoms with E-state index in [1.165, 1.54) is 6.07 Å². The molecular formula is C25H31N3O5S. The monoisotopic (exact) mass is 485 g/mol. The van der Waals surface area contributed by atoms with E-state index in [0.717, 1.165) is 44.5 Å². The number of carboxylic acid groups (broad SMARTS) is 1. The maximum absolute atomic E-state index is 13.3. The Morgan fingerprint density at radius 2 is 2.03 bits per heavy atom. The Hall–Kier alpha value is -2.78. The second-order valence-corrected chi connectivity index (χ2v) is 11.1. The molecular weight excluding hydrogens is 454 g/mol. The first-order valence-corrected chi connectivity index (χ1v) is 13.5. The highest BCUT2D eigenvalue weighted by Gasteiger charge is 2.45. The maximum Gasteiger partial charge on any atom is 0.341 e. The Morgan fingerprint density at radius 3 is 2.79 bits per heavy atom. The molecule has 0 radical (unpaired) electrons. The zero-order chi connectivity index (χ0) is 23.9. The molecule has 3 aliphatic rings. The van der Waals surface area contributed by atoms with E-state index in [-0.39, 0.29) is 21.9 Å². The number of nitrogens with zero attached hydrogens (tertiary/aromatic N) is 1. The number of carbonyl (C=O) groups is 1. The van der Waals surface area contributed by atoms with Crippen molar-refractivity contribution >= 4 is 27.4 Å². The van der Waals surface area contributed by atoms with Crippen molar-refractivity contribution in [1.29, 1.82) is 0 Å². The number of hydrogen-bond donors (Lipinski definition) is 3. The Kier molecular flexibility index (Phi) is 6.16. The number of likely N-dealkylation sites (tertiary alicyclic amines) is 1. The maximum atomic E-state index is 13.3. The van der Waals surface area contributed by atoms with E-state index in [1.807, 2.05) is 0 Å². The summed E-state index contributed by atoms with van der Waals surface area (Å²) in [5.74, 6) is 0.424. The average Bonchev–Trinajstić information content (AvgIpc) is 3.48. The number of ether oxygens (including phenoxy) is 1. The van der Waals surface area contributed by atoms with Crippen molar-refractivity contribution in [3.63, 3.8) is 0 Å². The molecule has 2 heterocycles. The first-order chi connectivity index (χ1) is 16.4. The van der Waals surface area contributed by atoms with Gasteiger partial charge in [0.1, 0.15) is 16.2 Å². The first kappa shape index (κ1) is 23.0. The van der Waals surface area contributed by atoms with Crippen molar-refractivity contribution in [3.05, 3.63) is 47.5 Å². The SMILES string of the molecule is CCN1CC[C@@H](CCNc2ccccc2S(=O)(=O)Nc2ccc3c(c2C(=O)O)OCC2C[C@H]32)C1. The standard InChI is InChI=1S/C25H31N3O5S/c1-2-28-12-10-16(14-28)9-11-26-20-5-3-4-6-22(20)34(31,32)27-21-8-7-18-19-13-17(19)15-33-24(18)23(21)25(29)30/h3-8,16-17,19,26-27H,2,9-15H2,1H3,(H,29,30)/t16-,17?,19+/m1/s1. The van der Waals surface area contributed by atoms with Crippen LogP contribution in [0.15, 0.2) is 41.3 Å². The van der Waals surface area contributed by atoms with Gasteiger partial charge < -0.3 is 20.1 Å². The molecule has 0 bridgehead atoms. The number of aromatic carboxylic acids is 1. The van der Waals surface area contributed by atoms with E-state index >= 15 is 0 Å². The minimum atomic E-state index is -4.03. The third-order valence-corrected chi connectivity index (χ3v) is 8.70. The van der Waals surface area contributed by atoms with Crippen molar-refractivity contribution in [3.8, 4) is 5.75 Å². The van der Waals surface area contributed by atoms with Crippen LogP contribution in [0.3, 0.4) is 0 Å². The molecule has 0 aromatic heterocycles. The van der Waals surface area contributed by atoms with Gasteiger partial charge in [0.25, 0.3) is 10.0 Å². The Labute approximate surface area is 200 Å². The van der Waals surface area contributed by atoms with Gasteiger partial charge in [-0.2, -0.15) is 0 Å². The predicted octanol–water partition coefficient (Wildman–Crippen LogP) is 3.83. The van der Waals surface area contributed by atoms with Crippen LogP contribution in [-0.4, -0.2) is 57.2 Å². The normalized spacial score (nSPS) is 23.5. The Balaban J connectivity index is 1.34. The molecule has 2 aromatic rings. The minimum Gasteiger partial charge on any atom is -0.492 e. The van der Waals surface area contributed by atoms with Crippen LogP contribution in [0.1, 0.15) is 48.0 Å². The third kappa shape index (κ3) is 4.46. The average molecular weight is 486 g/mol. The van der Waals surface area contributed by atoms with Crippen LogP contribution in [0.2, 0.25) is 0 Å². The van der Waals surface area contributed by atoms with E-state index < -0.39 is 16.0 Å². The van der Waals surface area contributed by atoms with Gasteiger partial charge in [-0.25, -0.2) is 13.2 Å². The molecule has 1 saturated carbocycles. The molecule has 2 aliphatic heterocycles. The van der Waals surface area contributed by atoms with Gasteiger partial charge in [-0.15, -0.1) is 0 Å². The van der Waals surface area contributed by atoms with E-state index in [1.54, 1.807) is 30.3 Å². The topological polar surface area (TPSA) is 108 Å². The van der Waals surface area contributed by atoms with Crippen LogP contribution >= 0.6 is 0 Å². The molecule has 1 saturated heterocycles. The fourth-order valence-corrected chi connectivity index (χ4v) is 6.50. The van der Waals surface area contributed by atoms with E-state index in [9.17, 15) is 18.3 Å². The zero-order valence-corrected chi connectivity index (χ0v) is 20.1. The van der Waals surface area contributed by atoms with Crippen molar-refractivity contribution in [2.75, 3.05) is 42.8 Å². The van der Waals surface area contributed by atoms with Crippen LogP contribution < -0.4 is 14.8 Å². The fourth-order valence-electron chi connectivity index (χ4n) is 5.24. The number of anilines is 2. The number of nitrogens with one attached hydrogen (secondary N) is 2. The minimum absolute atomic E-state index is 0.0192. The van der Waals surface area contributed by atoms with Gasteiger partial charge in [0, 0.05) is 19.0 Å². The lowest BCUT2D eigenvalue weighted by atomic mass is 10.0. The summed E-state index contributed by atoms with van der Waals surface area (Å²) >= 11 is 0. The second kappa shape index (κ2) is 9.11. The van der Waals surface area contributed by atoms with Crippen molar-refractivity contribution in [2.45, 2.75) is 37.0 Å². The summed E-state index contributed by atoms with van der Waals surface area (Å²) < 4.78 is 34.9.